The van der Waals surface area contributed by atoms with Gasteiger partial charge in [0.2, 0.25) is 0 Å². The Morgan fingerprint density at radius 3 is 2.65 bits per heavy atom. The van der Waals surface area contributed by atoms with Gasteiger partial charge in [-0.05, 0) is 39.3 Å². The van der Waals surface area contributed by atoms with Crippen LogP contribution in [0.4, 0.5) is 5.69 Å². The van der Waals surface area contributed by atoms with E-state index in [1.807, 2.05) is 13.0 Å². The Kier molecular flexibility index (Phi) is 9.40. The highest BCUT2D eigenvalue weighted by molar-refractivity contribution is 7.16. The van der Waals surface area contributed by atoms with Gasteiger partial charge in [0, 0.05) is 41.5 Å². The molecule has 0 radical (unpaired) electrons. The number of rotatable bonds is 11. The lowest BCUT2D eigenvalue weighted by molar-refractivity contribution is 0.102. The molecule has 0 aromatic carbocycles. The molecular weight excluding hydrogens is 348 g/mol. The molecule has 1 atom stereocenters. The van der Waals surface area contributed by atoms with Gasteiger partial charge in [0.15, 0.2) is 5.78 Å². The number of aliphatic imine (C=N–C) groups is 1. The molecule has 5 N–H and O–H groups in total. The number of nitrogens with two attached hydrogens (primary N) is 1. The van der Waals surface area contributed by atoms with Crippen molar-refractivity contribution in [3.8, 4) is 0 Å². The van der Waals surface area contributed by atoms with E-state index in [-0.39, 0.29) is 11.9 Å². The van der Waals surface area contributed by atoms with E-state index < -0.39 is 0 Å². The molecule has 0 bridgehead atoms. The van der Waals surface area contributed by atoms with Gasteiger partial charge in [-0.25, -0.2) is 0 Å². The molecule has 0 spiro atoms. The lowest BCUT2D eigenvalue weighted by Crippen LogP contribution is -2.25. The molecule has 1 heterocycles. The van der Waals surface area contributed by atoms with E-state index in [1.54, 1.807) is 6.92 Å². The van der Waals surface area contributed by atoms with Gasteiger partial charge in [0.1, 0.15) is 0 Å². The summed E-state index contributed by atoms with van der Waals surface area (Å²) >= 11 is 1.31. The number of aliphatic hydroxyl groups is 1. The van der Waals surface area contributed by atoms with E-state index >= 15 is 0 Å². The Labute approximate surface area is 159 Å². The van der Waals surface area contributed by atoms with Crippen LogP contribution in [0.5, 0.6) is 0 Å². The number of carbonyl (C=O) groups is 1. The Morgan fingerprint density at radius 2 is 2.12 bits per heavy atom. The first-order valence-electron chi connectivity index (χ1n) is 8.85. The largest absolute Gasteiger partial charge is 0.402 e. The molecule has 26 heavy (non-hydrogen) atoms. The van der Waals surface area contributed by atoms with Crippen LogP contribution >= 0.6 is 11.3 Å². The van der Waals surface area contributed by atoms with Crippen molar-refractivity contribution >= 4 is 40.3 Å². The maximum absolute atomic E-state index is 11.9. The summed E-state index contributed by atoms with van der Waals surface area (Å²) in [5.41, 5.74) is 8.44. The first-order valence-corrected chi connectivity index (χ1v) is 9.66. The summed E-state index contributed by atoms with van der Waals surface area (Å²) in [4.78, 5) is 17.8. The molecule has 6 nitrogen and oxygen atoms in total. The van der Waals surface area contributed by atoms with Gasteiger partial charge in [0.05, 0.1) is 16.7 Å². The summed E-state index contributed by atoms with van der Waals surface area (Å²) in [6.07, 6.45) is 3.45. The molecule has 1 unspecified atom stereocenters. The first-order chi connectivity index (χ1) is 12.3. The molecule has 1 aromatic heterocycles. The average molecular weight is 379 g/mol. The fraction of sp³-hybridized carbons (Fsp3) is 0.526. The Morgan fingerprint density at radius 1 is 1.42 bits per heavy atom. The van der Waals surface area contributed by atoms with Gasteiger partial charge in [-0.1, -0.05) is 13.3 Å². The lowest BCUT2D eigenvalue weighted by atomic mass is 10.1. The minimum absolute atomic E-state index is 0.0533. The zero-order valence-electron chi connectivity index (χ0n) is 16.1. The number of thiophene rings is 1. The molecule has 0 saturated heterocycles. The second-order valence-corrected chi connectivity index (χ2v) is 7.43. The maximum Gasteiger partial charge on any atom is 0.171 e. The molecule has 144 valence electrons. The van der Waals surface area contributed by atoms with Crippen molar-refractivity contribution in [3.05, 3.63) is 21.5 Å². The first kappa shape index (κ1) is 22.2. The zero-order valence-corrected chi connectivity index (χ0v) is 16.9. The van der Waals surface area contributed by atoms with Crippen molar-refractivity contribution < 1.29 is 9.90 Å². The van der Waals surface area contributed by atoms with Crippen LogP contribution in [0.3, 0.4) is 0 Å². The second kappa shape index (κ2) is 11.0. The summed E-state index contributed by atoms with van der Waals surface area (Å²) < 4.78 is 0. The monoisotopic (exact) mass is 378 g/mol. The summed E-state index contributed by atoms with van der Waals surface area (Å²) in [5, 5.41) is 20.5. The third kappa shape index (κ3) is 6.82. The van der Waals surface area contributed by atoms with Crippen molar-refractivity contribution in [1.29, 1.82) is 5.41 Å². The number of allylic oxidation sites excluding steroid dienone is 2. The number of ketones is 1. The number of hydrogen-bond donors (Lipinski definition) is 4. The molecule has 1 aromatic rings. The molecule has 0 aliphatic heterocycles. The molecule has 1 rings (SSSR count). The fourth-order valence-electron chi connectivity index (χ4n) is 2.49. The number of aliphatic hydroxyl groups excluding tert-OH is 1. The van der Waals surface area contributed by atoms with Gasteiger partial charge in [-0.2, -0.15) is 0 Å². The van der Waals surface area contributed by atoms with Crippen molar-refractivity contribution in [2.75, 3.05) is 13.1 Å². The topological polar surface area (TPSA) is 112 Å². The summed E-state index contributed by atoms with van der Waals surface area (Å²) in [7, 11) is 0. The quantitative estimate of drug-likeness (QED) is 0.268. The molecular formula is C19H30N4O2S. The van der Waals surface area contributed by atoms with Crippen LogP contribution in [0.1, 0.15) is 61.5 Å². The van der Waals surface area contributed by atoms with E-state index in [4.69, 9.17) is 11.1 Å². The van der Waals surface area contributed by atoms with Crippen molar-refractivity contribution in [2.45, 2.75) is 53.1 Å². The molecule has 0 fully saturated rings. The highest BCUT2D eigenvalue weighted by atomic mass is 32.1. The number of nitrogens with one attached hydrogen (secondary N) is 2. The van der Waals surface area contributed by atoms with Gasteiger partial charge in [-0.3, -0.25) is 9.79 Å². The smallest absolute Gasteiger partial charge is 0.171 e. The minimum atomic E-state index is -0.265. The van der Waals surface area contributed by atoms with Crippen LogP contribution in [0.25, 0.3) is 5.57 Å². The number of hydrogen-bond acceptors (Lipinski definition) is 7. The third-order valence-corrected chi connectivity index (χ3v) is 5.09. The predicted molar refractivity (Wildman–Crippen MR) is 111 cm³/mol. The lowest BCUT2D eigenvalue weighted by Gasteiger charge is -2.09. The van der Waals surface area contributed by atoms with Crippen molar-refractivity contribution in [3.63, 3.8) is 0 Å². The van der Waals surface area contributed by atoms with Crippen molar-refractivity contribution in [1.82, 2.24) is 5.32 Å². The predicted octanol–water partition coefficient (Wildman–Crippen LogP) is 3.52. The summed E-state index contributed by atoms with van der Waals surface area (Å²) in [6.45, 7) is 8.51. The zero-order chi connectivity index (χ0) is 19.7. The standard InChI is InChI=1S/C19H30N4O2S/c1-5-6-15(25)7-8-22-11-12(2)23-17-9-18(16(10-20)13(3)21)26-19(17)14(4)24/h9-10,15,20,22,25H,5-8,11,21H2,1-4H3/b16-13+,20-10?,23-12?. The van der Waals surface area contributed by atoms with Gasteiger partial charge >= 0.3 is 0 Å². The van der Waals surface area contributed by atoms with Crippen LogP contribution in [0, 0.1) is 5.41 Å². The van der Waals surface area contributed by atoms with Crippen LogP contribution in [-0.2, 0) is 0 Å². The Hall–Kier alpha value is -1.83. The minimum Gasteiger partial charge on any atom is -0.402 e. The highest BCUT2D eigenvalue weighted by Crippen LogP contribution is 2.34. The van der Waals surface area contributed by atoms with E-state index in [0.717, 1.165) is 30.0 Å². The van der Waals surface area contributed by atoms with Crippen LogP contribution in [0.2, 0.25) is 0 Å². The number of Topliss-reactive ketones (excluding diaryl/α,β-unsaturated/α-hetero) is 1. The third-order valence-electron chi connectivity index (χ3n) is 3.84. The average Bonchev–Trinajstić information content (AvgIpc) is 2.95. The van der Waals surface area contributed by atoms with Crippen LogP contribution < -0.4 is 11.1 Å². The Bertz CT molecular complexity index is 688. The summed E-state index contributed by atoms with van der Waals surface area (Å²) in [5.74, 6) is -0.0533. The van der Waals surface area contributed by atoms with Crippen molar-refractivity contribution in [2.24, 2.45) is 10.7 Å². The second-order valence-electron chi connectivity index (χ2n) is 6.38. The Balaban J connectivity index is 2.85. The van der Waals surface area contributed by atoms with Gasteiger partial charge in [0.25, 0.3) is 0 Å². The normalized spacial score (nSPS) is 14.1. The number of nitrogens with zero attached hydrogens (tertiary/aromatic N) is 1. The number of carbonyl (C=O) groups excluding carboxylic acids is 1. The summed E-state index contributed by atoms with van der Waals surface area (Å²) in [6, 6.07) is 1.81. The highest BCUT2D eigenvalue weighted by Gasteiger charge is 2.15. The van der Waals surface area contributed by atoms with Gasteiger partial charge in [-0.15, -0.1) is 11.3 Å². The van der Waals surface area contributed by atoms with Gasteiger partial charge < -0.3 is 21.6 Å². The van der Waals surface area contributed by atoms with E-state index in [9.17, 15) is 9.90 Å². The van der Waals surface area contributed by atoms with E-state index in [0.29, 0.717) is 34.8 Å². The SMILES string of the molecule is CCCC(O)CCNCC(C)=Nc1cc(/C(C=N)=C(\C)N)sc1C(C)=O. The molecule has 0 amide bonds. The molecule has 0 aliphatic rings. The van der Waals surface area contributed by atoms with E-state index in [2.05, 4.69) is 17.2 Å². The van der Waals surface area contributed by atoms with E-state index in [1.165, 1.54) is 24.5 Å². The van der Waals surface area contributed by atoms with Crippen LogP contribution in [0.15, 0.2) is 16.8 Å². The van der Waals surface area contributed by atoms with Crippen LogP contribution in [-0.4, -0.2) is 42.0 Å². The fourth-order valence-corrected chi connectivity index (χ4v) is 3.56. The maximum atomic E-state index is 11.9. The molecule has 7 heteroatoms. The molecule has 0 saturated carbocycles. The molecule has 0 aliphatic carbocycles.